The molecular formula is C14H14N4O4. The molecule has 8 heteroatoms. The molecule has 0 spiro atoms. The molecule has 2 aliphatic carbocycles. The van der Waals surface area contributed by atoms with E-state index in [0.29, 0.717) is 17.8 Å². The maximum atomic E-state index is 11.0. The summed E-state index contributed by atoms with van der Waals surface area (Å²) >= 11 is 0. The summed E-state index contributed by atoms with van der Waals surface area (Å²) in [6.45, 7) is 0. The van der Waals surface area contributed by atoms with E-state index < -0.39 is 9.85 Å². The molecule has 2 bridgehead atoms. The van der Waals surface area contributed by atoms with Crippen LogP contribution in [-0.4, -0.2) is 16.1 Å². The first-order valence-electron chi connectivity index (χ1n) is 6.95. The van der Waals surface area contributed by atoms with E-state index in [4.69, 9.17) is 0 Å². The first kappa shape index (κ1) is 14.2. The molecule has 22 heavy (non-hydrogen) atoms. The monoisotopic (exact) mass is 302 g/mol. The van der Waals surface area contributed by atoms with E-state index in [2.05, 4.69) is 22.7 Å². The molecule has 1 N–H and O–H groups in total. The van der Waals surface area contributed by atoms with Crippen molar-refractivity contribution in [2.24, 2.45) is 22.9 Å². The van der Waals surface area contributed by atoms with Gasteiger partial charge in [0.05, 0.1) is 15.9 Å². The smallest absolute Gasteiger partial charge is 0.272 e. The SMILES string of the molecule is O=[N+]([O-])c1ccc(N/N=C\[C@@H]2C[C@H]3C=C[C@H]2C3)c([N+](=O)[O-])c1. The third kappa shape index (κ3) is 2.67. The Balaban J connectivity index is 1.73. The number of non-ortho nitro benzene ring substituents is 1. The molecule has 0 heterocycles. The van der Waals surface area contributed by atoms with Crippen molar-refractivity contribution in [2.45, 2.75) is 12.8 Å². The van der Waals surface area contributed by atoms with Crippen molar-refractivity contribution < 1.29 is 9.85 Å². The Morgan fingerprint density at radius 3 is 2.59 bits per heavy atom. The second kappa shape index (κ2) is 5.55. The molecule has 2 aliphatic rings. The topological polar surface area (TPSA) is 111 Å². The summed E-state index contributed by atoms with van der Waals surface area (Å²) in [6, 6.07) is 3.44. The molecule has 0 aromatic heterocycles. The molecule has 0 radical (unpaired) electrons. The van der Waals surface area contributed by atoms with Crippen molar-refractivity contribution >= 4 is 23.3 Å². The van der Waals surface area contributed by atoms with Gasteiger partial charge >= 0.3 is 5.69 Å². The molecule has 8 nitrogen and oxygen atoms in total. The number of hydrazone groups is 1. The zero-order valence-electron chi connectivity index (χ0n) is 11.6. The highest BCUT2D eigenvalue weighted by Gasteiger charge is 2.34. The van der Waals surface area contributed by atoms with Crippen LogP contribution in [0.25, 0.3) is 0 Å². The Kier molecular flexibility index (Phi) is 3.58. The Morgan fingerprint density at radius 1 is 1.18 bits per heavy atom. The largest absolute Gasteiger partial charge is 0.301 e. The van der Waals surface area contributed by atoms with Crippen molar-refractivity contribution in [1.29, 1.82) is 0 Å². The highest BCUT2D eigenvalue weighted by atomic mass is 16.6. The number of benzene rings is 1. The summed E-state index contributed by atoms with van der Waals surface area (Å²) in [5.41, 5.74) is 2.09. The Morgan fingerprint density at radius 2 is 2.00 bits per heavy atom. The third-order valence-electron chi connectivity index (χ3n) is 4.17. The minimum atomic E-state index is -0.665. The van der Waals surface area contributed by atoms with Crippen molar-refractivity contribution in [1.82, 2.24) is 0 Å². The molecule has 1 saturated carbocycles. The van der Waals surface area contributed by atoms with E-state index in [0.717, 1.165) is 18.9 Å². The van der Waals surface area contributed by atoms with E-state index in [1.807, 2.05) is 0 Å². The van der Waals surface area contributed by atoms with Crippen LogP contribution in [-0.2, 0) is 0 Å². The van der Waals surface area contributed by atoms with Gasteiger partial charge in [0, 0.05) is 18.2 Å². The van der Waals surface area contributed by atoms with E-state index >= 15 is 0 Å². The number of allylic oxidation sites excluding steroid dienone is 2. The lowest BCUT2D eigenvalue weighted by molar-refractivity contribution is -0.393. The number of hydrogen-bond acceptors (Lipinski definition) is 6. The summed E-state index contributed by atoms with van der Waals surface area (Å²) in [5.74, 6) is 1.47. The van der Waals surface area contributed by atoms with Crippen LogP contribution in [0.5, 0.6) is 0 Å². The van der Waals surface area contributed by atoms with Crippen LogP contribution in [0.3, 0.4) is 0 Å². The fourth-order valence-electron chi connectivity index (χ4n) is 3.08. The molecule has 3 rings (SSSR count). The summed E-state index contributed by atoms with van der Waals surface area (Å²) < 4.78 is 0. The first-order chi connectivity index (χ1) is 10.5. The van der Waals surface area contributed by atoms with Crippen molar-refractivity contribution in [2.75, 3.05) is 5.43 Å². The molecule has 0 amide bonds. The minimum Gasteiger partial charge on any atom is -0.272 e. The van der Waals surface area contributed by atoms with Crippen molar-refractivity contribution in [3.63, 3.8) is 0 Å². The minimum absolute atomic E-state index is 0.144. The number of rotatable bonds is 5. The first-order valence-corrected chi connectivity index (χ1v) is 6.95. The molecule has 0 aliphatic heterocycles. The molecule has 0 saturated heterocycles. The fraction of sp³-hybridized carbons (Fsp3) is 0.357. The van der Waals surface area contributed by atoms with E-state index in [1.165, 1.54) is 12.1 Å². The van der Waals surface area contributed by atoms with Gasteiger partial charge < -0.3 is 0 Å². The van der Waals surface area contributed by atoms with Gasteiger partial charge in [-0.3, -0.25) is 25.7 Å². The number of anilines is 1. The quantitative estimate of drug-likeness (QED) is 0.389. The highest BCUT2D eigenvalue weighted by Crippen LogP contribution is 2.42. The summed E-state index contributed by atoms with van der Waals surface area (Å²) in [6.07, 6.45) is 8.39. The van der Waals surface area contributed by atoms with Crippen LogP contribution in [0.2, 0.25) is 0 Å². The predicted octanol–water partition coefficient (Wildman–Crippen LogP) is 3.11. The van der Waals surface area contributed by atoms with Crippen molar-refractivity contribution in [3.05, 3.63) is 50.6 Å². The van der Waals surface area contributed by atoms with Crippen LogP contribution >= 0.6 is 0 Å². The highest BCUT2D eigenvalue weighted by molar-refractivity contribution is 5.69. The average molecular weight is 302 g/mol. The van der Waals surface area contributed by atoms with E-state index in [-0.39, 0.29) is 17.1 Å². The summed E-state index contributed by atoms with van der Waals surface area (Å²) in [5, 5.41) is 25.8. The Labute approximate surface area is 125 Å². The van der Waals surface area contributed by atoms with Gasteiger partial charge in [-0.15, -0.1) is 0 Å². The molecule has 0 unspecified atom stereocenters. The standard InChI is InChI=1S/C14H14N4O4/c19-17(20)12-3-4-13(14(7-12)18(21)22)16-15-8-11-6-9-1-2-10(11)5-9/h1-4,7-11,16H,5-6H2/b15-8-/t9-,10-,11-/m0/s1. The van der Waals surface area contributed by atoms with E-state index in [9.17, 15) is 20.2 Å². The van der Waals surface area contributed by atoms with Gasteiger partial charge in [-0.1, -0.05) is 12.2 Å². The molecule has 1 aromatic rings. The average Bonchev–Trinajstić information content (AvgIpc) is 3.09. The van der Waals surface area contributed by atoms with Gasteiger partial charge in [-0.2, -0.15) is 5.10 Å². The summed E-state index contributed by atoms with van der Waals surface area (Å²) in [4.78, 5) is 20.4. The Hall–Kier alpha value is -2.77. The number of nitro benzene ring substituents is 2. The maximum absolute atomic E-state index is 11.0. The third-order valence-corrected chi connectivity index (χ3v) is 4.17. The predicted molar refractivity (Wildman–Crippen MR) is 80.7 cm³/mol. The zero-order chi connectivity index (χ0) is 15.7. The molecular weight excluding hydrogens is 288 g/mol. The van der Waals surface area contributed by atoms with Crippen LogP contribution in [0, 0.1) is 38.0 Å². The van der Waals surface area contributed by atoms with Crippen LogP contribution < -0.4 is 5.43 Å². The van der Waals surface area contributed by atoms with Gasteiger partial charge in [0.25, 0.3) is 5.69 Å². The normalized spacial score (nSPS) is 25.7. The second-order valence-electron chi connectivity index (χ2n) is 5.55. The second-order valence-corrected chi connectivity index (χ2v) is 5.55. The number of fused-ring (bicyclic) bond motifs is 2. The van der Waals surface area contributed by atoms with Gasteiger partial charge in [0.15, 0.2) is 0 Å². The fourth-order valence-corrected chi connectivity index (χ4v) is 3.08. The molecule has 114 valence electrons. The number of nitro groups is 2. The number of hydrogen-bond donors (Lipinski definition) is 1. The lowest BCUT2D eigenvalue weighted by Crippen LogP contribution is -2.09. The van der Waals surface area contributed by atoms with Crippen LogP contribution in [0.15, 0.2) is 35.5 Å². The van der Waals surface area contributed by atoms with Gasteiger partial charge in [-0.05, 0) is 30.7 Å². The van der Waals surface area contributed by atoms with E-state index in [1.54, 1.807) is 6.21 Å². The zero-order valence-corrected chi connectivity index (χ0v) is 11.6. The molecule has 3 atom stereocenters. The molecule has 1 aromatic carbocycles. The summed E-state index contributed by atoms with van der Waals surface area (Å²) in [7, 11) is 0. The number of nitrogens with one attached hydrogen (secondary N) is 1. The van der Waals surface area contributed by atoms with Gasteiger partial charge in [0.2, 0.25) is 0 Å². The molecule has 1 fully saturated rings. The number of nitrogens with zero attached hydrogens (tertiary/aromatic N) is 3. The van der Waals surface area contributed by atoms with Crippen molar-refractivity contribution in [3.8, 4) is 0 Å². The van der Waals surface area contributed by atoms with Crippen LogP contribution in [0.1, 0.15) is 12.8 Å². The lowest BCUT2D eigenvalue weighted by atomic mass is 9.95. The van der Waals surface area contributed by atoms with Crippen LogP contribution in [0.4, 0.5) is 17.1 Å². The lowest BCUT2D eigenvalue weighted by Gasteiger charge is -2.12. The van der Waals surface area contributed by atoms with Gasteiger partial charge in [0.1, 0.15) is 5.69 Å². The maximum Gasteiger partial charge on any atom is 0.301 e. The Bertz CT molecular complexity index is 685. The van der Waals surface area contributed by atoms with Gasteiger partial charge in [-0.25, -0.2) is 0 Å².